The normalized spacial score (nSPS) is 13.9. The Kier molecular flexibility index (Phi) is 4.42. The van der Waals surface area contributed by atoms with Crippen LogP contribution in [0, 0.1) is 5.82 Å². The molecule has 0 saturated heterocycles. The minimum atomic E-state index is -0.391. The number of hydrogen-bond donors (Lipinski definition) is 0. The summed E-state index contributed by atoms with van der Waals surface area (Å²) in [4.78, 5) is 4.51. The van der Waals surface area contributed by atoms with Crippen LogP contribution in [-0.4, -0.2) is 22.3 Å². The third-order valence-corrected chi connectivity index (χ3v) is 4.07. The number of benzene rings is 1. The number of imidazole rings is 1. The Bertz CT molecular complexity index is 640. The molecular weight excluding hydrogens is 347 g/mol. The first-order valence-electron chi connectivity index (χ1n) is 6.29. The summed E-state index contributed by atoms with van der Waals surface area (Å²) in [5, 5.41) is -0.267. The van der Waals surface area contributed by atoms with E-state index in [9.17, 15) is 4.39 Å². The van der Waals surface area contributed by atoms with Gasteiger partial charge in [0.1, 0.15) is 11.6 Å². The van der Waals surface area contributed by atoms with Gasteiger partial charge in [-0.3, -0.25) is 0 Å². The Hall–Kier alpha value is -0.650. The molecule has 0 saturated carbocycles. The molecule has 1 aromatic carbocycles. The molecule has 0 bridgehead atoms. The minimum Gasteiger partial charge on any atom is -0.377 e. The van der Waals surface area contributed by atoms with Crippen molar-refractivity contribution < 1.29 is 9.13 Å². The van der Waals surface area contributed by atoms with E-state index in [1.165, 1.54) is 6.07 Å². The molecule has 2 aromatic rings. The molecule has 0 aliphatic carbocycles. The van der Waals surface area contributed by atoms with Crippen LogP contribution >= 0.6 is 27.5 Å². The zero-order valence-corrected chi connectivity index (χ0v) is 14.2. The van der Waals surface area contributed by atoms with E-state index < -0.39 is 5.60 Å². The van der Waals surface area contributed by atoms with E-state index in [0.29, 0.717) is 22.4 Å². The summed E-state index contributed by atoms with van der Waals surface area (Å²) in [6, 6.07) is 3.14. The van der Waals surface area contributed by atoms with Crippen molar-refractivity contribution in [1.82, 2.24) is 9.55 Å². The van der Waals surface area contributed by atoms with Crippen LogP contribution in [0.5, 0.6) is 0 Å². The molecule has 1 aromatic heterocycles. The fourth-order valence-corrected chi connectivity index (χ4v) is 2.55. The molecule has 20 heavy (non-hydrogen) atoms. The summed E-state index contributed by atoms with van der Waals surface area (Å²) in [6.45, 7) is 6.34. The fourth-order valence-electron chi connectivity index (χ4n) is 2.05. The quantitative estimate of drug-likeness (QED) is 0.739. The standard InChI is InChI=1S/C14H17BrClFN2O/c1-8(16)13-18-11-5-9(15)10(17)6-12(11)19(13)7-14(2,3)20-4/h5-6,8H,7H2,1-4H3. The maximum absolute atomic E-state index is 13.8. The molecule has 0 amide bonds. The van der Waals surface area contributed by atoms with Crippen molar-refractivity contribution in [2.24, 2.45) is 0 Å². The Morgan fingerprint density at radius 1 is 1.50 bits per heavy atom. The highest BCUT2D eigenvalue weighted by Crippen LogP contribution is 2.30. The molecular formula is C14H17BrClFN2O. The van der Waals surface area contributed by atoms with Crippen molar-refractivity contribution >= 4 is 38.6 Å². The fraction of sp³-hybridized carbons (Fsp3) is 0.500. The van der Waals surface area contributed by atoms with Gasteiger partial charge >= 0.3 is 0 Å². The van der Waals surface area contributed by atoms with Gasteiger partial charge in [-0.15, -0.1) is 11.6 Å². The largest absolute Gasteiger partial charge is 0.377 e. The van der Waals surface area contributed by atoms with E-state index >= 15 is 0 Å². The summed E-state index contributed by atoms with van der Waals surface area (Å²) in [5.74, 6) is 0.395. The van der Waals surface area contributed by atoms with Crippen molar-refractivity contribution in [3.05, 3.63) is 28.2 Å². The van der Waals surface area contributed by atoms with Gasteiger partial charge < -0.3 is 9.30 Å². The van der Waals surface area contributed by atoms with Gasteiger partial charge in [-0.1, -0.05) is 0 Å². The van der Waals surface area contributed by atoms with Crippen molar-refractivity contribution in [3.8, 4) is 0 Å². The highest BCUT2D eigenvalue weighted by Gasteiger charge is 2.23. The second-order valence-corrected chi connectivity index (χ2v) is 6.90. The molecule has 0 spiro atoms. The number of nitrogens with zero attached hydrogens (tertiary/aromatic N) is 2. The zero-order valence-electron chi connectivity index (χ0n) is 11.9. The van der Waals surface area contributed by atoms with E-state index in [-0.39, 0.29) is 11.2 Å². The molecule has 110 valence electrons. The van der Waals surface area contributed by atoms with Crippen LogP contribution in [0.2, 0.25) is 0 Å². The Morgan fingerprint density at radius 3 is 2.70 bits per heavy atom. The summed E-state index contributed by atoms with van der Waals surface area (Å²) in [7, 11) is 1.65. The third kappa shape index (κ3) is 3.00. The van der Waals surface area contributed by atoms with Gasteiger partial charge in [0.25, 0.3) is 0 Å². The van der Waals surface area contributed by atoms with Crippen molar-refractivity contribution in [2.45, 2.75) is 38.3 Å². The first-order valence-corrected chi connectivity index (χ1v) is 7.52. The number of rotatable bonds is 4. The van der Waals surface area contributed by atoms with E-state index in [4.69, 9.17) is 16.3 Å². The highest BCUT2D eigenvalue weighted by molar-refractivity contribution is 9.10. The van der Waals surface area contributed by atoms with Crippen LogP contribution in [0.25, 0.3) is 11.0 Å². The molecule has 0 N–H and O–H groups in total. The predicted molar refractivity (Wildman–Crippen MR) is 82.7 cm³/mol. The summed E-state index contributed by atoms with van der Waals surface area (Å²) in [5.41, 5.74) is 1.04. The van der Waals surface area contributed by atoms with Gasteiger partial charge in [0.15, 0.2) is 0 Å². The lowest BCUT2D eigenvalue weighted by molar-refractivity contribution is 0.00842. The Labute approximate surface area is 131 Å². The average Bonchev–Trinajstić information content (AvgIpc) is 2.68. The Balaban J connectivity index is 2.65. The van der Waals surface area contributed by atoms with E-state index in [1.807, 2.05) is 25.3 Å². The topological polar surface area (TPSA) is 27.1 Å². The molecule has 1 unspecified atom stereocenters. The lowest BCUT2D eigenvalue weighted by Gasteiger charge is -2.25. The summed E-state index contributed by atoms with van der Waals surface area (Å²) >= 11 is 9.38. The van der Waals surface area contributed by atoms with Crippen LogP contribution < -0.4 is 0 Å². The number of ether oxygens (including phenoxy) is 1. The van der Waals surface area contributed by atoms with Gasteiger partial charge in [-0.2, -0.15) is 0 Å². The van der Waals surface area contributed by atoms with Gasteiger partial charge in [0, 0.05) is 13.2 Å². The number of fused-ring (bicyclic) bond motifs is 1. The predicted octanol–water partition coefficient (Wildman–Crippen LogP) is 4.66. The van der Waals surface area contributed by atoms with Gasteiger partial charge in [-0.25, -0.2) is 9.37 Å². The molecule has 0 fully saturated rings. The average molecular weight is 364 g/mol. The molecule has 6 heteroatoms. The molecule has 0 radical (unpaired) electrons. The monoisotopic (exact) mass is 362 g/mol. The Morgan fingerprint density at radius 2 is 2.15 bits per heavy atom. The molecule has 3 nitrogen and oxygen atoms in total. The van der Waals surface area contributed by atoms with Gasteiger partial charge in [-0.05, 0) is 42.8 Å². The first-order chi connectivity index (χ1) is 9.25. The summed E-state index contributed by atoms with van der Waals surface area (Å²) < 4.78 is 21.6. The second kappa shape index (κ2) is 5.62. The van der Waals surface area contributed by atoms with Crippen molar-refractivity contribution in [1.29, 1.82) is 0 Å². The second-order valence-electron chi connectivity index (χ2n) is 5.39. The molecule has 0 aliphatic heterocycles. The first kappa shape index (κ1) is 15.7. The van der Waals surface area contributed by atoms with Crippen LogP contribution in [0.1, 0.15) is 32.0 Å². The zero-order chi connectivity index (χ0) is 15.1. The van der Waals surface area contributed by atoms with Crippen molar-refractivity contribution in [2.75, 3.05) is 7.11 Å². The maximum Gasteiger partial charge on any atom is 0.139 e. The molecule has 2 rings (SSSR count). The highest BCUT2D eigenvalue weighted by atomic mass is 79.9. The summed E-state index contributed by atoms with van der Waals surface area (Å²) in [6.07, 6.45) is 0. The van der Waals surface area contributed by atoms with Crippen LogP contribution in [0.3, 0.4) is 0 Å². The maximum atomic E-state index is 13.8. The molecule has 1 heterocycles. The number of halogens is 3. The van der Waals surface area contributed by atoms with E-state index in [0.717, 1.165) is 5.52 Å². The minimum absolute atomic E-state index is 0.267. The lowest BCUT2D eigenvalue weighted by atomic mass is 10.1. The van der Waals surface area contributed by atoms with Gasteiger partial charge in [0.2, 0.25) is 0 Å². The third-order valence-electron chi connectivity index (χ3n) is 3.27. The molecule has 1 atom stereocenters. The lowest BCUT2D eigenvalue weighted by Crippen LogP contribution is -2.30. The molecule has 0 aliphatic rings. The van der Waals surface area contributed by atoms with Crippen molar-refractivity contribution in [3.63, 3.8) is 0 Å². The number of alkyl halides is 1. The number of hydrogen-bond acceptors (Lipinski definition) is 2. The smallest absolute Gasteiger partial charge is 0.139 e. The van der Waals surface area contributed by atoms with Crippen LogP contribution in [0.15, 0.2) is 16.6 Å². The van der Waals surface area contributed by atoms with Crippen LogP contribution in [0.4, 0.5) is 4.39 Å². The van der Waals surface area contributed by atoms with E-state index in [1.54, 1.807) is 13.2 Å². The SMILES string of the molecule is COC(C)(C)Cn1c(C(C)Cl)nc2cc(Br)c(F)cc21. The van der Waals surface area contributed by atoms with Crippen LogP contribution in [-0.2, 0) is 11.3 Å². The van der Waals surface area contributed by atoms with E-state index in [2.05, 4.69) is 20.9 Å². The number of methoxy groups -OCH3 is 1. The van der Waals surface area contributed by atoms with Gasteiger partial charge in [0.05, 0.1) is 33.0 Å². The number of aromatic nitrogens is 2.